The van der Waals surface area contributed by atoms with Gasteiger partial charge in [0.2, 0.25) is 0 Å². The summed E-state index contributed by atoms with van der Waals surface area (Å²) in [6.07, 6.45) is 0. The molecule has 0 spiro atoms. The monoisotopic (exact) mass is 397 g/mol. The highest BCUT2D eigenvalue weighted by Crippen LogP contribution is 2.30. The van der Waals surface area contributed by atoms with Crippen molar-refractivity contribution in [1.82, 2.24) is 15.3 Å². The normalized spacial score (nSPS) is 12.4. The molecule has 4 nitrogen and oxygen atoms in total. The Balaban J connectivity index is 1.57. The van der Waals surface area contributed by atoms with E-state index >= 15 is 0 Å². The number of H-pyrrole nitrogens is 1. The highest BCUT2D eigenvalue weighted by molar-refractivity contribution is 7.21. The SMILES string of the molecule is C[C@@H](NCc1nc2sc(-c3ccccc3)cc2c(=O)[nH]1)c1ccc(F)cc1F. The predicted octanol–water partition coefficient (Wildman–Crippen LogP) is 4.78. The van der Waals surface area contributed by atoms with E-state index in [1.165, 1.54) is 23.5 Å². The summed E-state index contributed by atoms with van der Waals surface area (Å²) in [6.45, 7) is 2.02. The van der Waals surface area contributed by atoms with Crippen LogP contribution in [0.25, 0.3) is 20.7 Å². The first kappa shape index (κ1) is 18.5. The summed E-state index contributed by atoms with van der Waals surface area (Å²) in [5.41, 5.74) is 1.18. The number of aromatic nitrogens is 2. The fraction of sp³-hybridized carbons (Fsp3) is 0.143. The summed E-state index contributed by atoms with van der Waals surface area (Å²) in [4.78, 5) is 21.4. The number of benzene rings is 2. The first-order valence-corrected chi connectivity index (χ1v) is 9.59. The Hall–Kier alpha value is -2.90. The van der Waals surface area contributed by atoms with E-state index in [9.17, 15) is 13.6 Å². The number of halogens is 2. The van der Waals surface area contributed by atoms with E-state index in [2.05, 4.69) is 15.3 Å². The van der Waals surface area contributed by atoms with Gasteiger partial charge < -0.3 is 10.3 Å². The van der Waals surface area contributed by atoms with Crippen molar-refractivity contribution in [3.05, 3.63) is 88.0 Å². The molecule has 0 amide bonds. The van der Waals surface area contributed by atoms with Crippen molar-refractivity contribution in [3.63, 3.8) is 0 Å². The van der Waals surface area contributed by atoms with Gasteiger partial charge in [-0.25, -0.2) is 13.8 Å². The molecule has 4 rings (SSSR count). The zero-order chi connectivity index (χ0) is 19.7. The van der Waals surface area contributed by atoms with Crippen LogP contribution in [0, 0.1) is 11.6 Å². The lowest BCUT2D eigenvalue weighted by atomic mass is 10.1. The van der Waals surface area contributed by atoms with Gasteiger partial charge >= 0.3 is 0 Å². The number of fused-ring (bicyclic) bond motifs is 1. The van der Waals surface area contributed by atoms with Gasteiger partial charge in [0, 0.05) is 22.5 Å². The second kappa shape index (κ2) is 7.61. The maximum absolute atomic E-state index is 13.9. The van der Waals surface area contributed by atoms with Crippen LogP contribution < -0.4 is 10.9 Å². The van der Waals surface area contributed by atoms with E-state index in [1.54, 1.807) is 6.92 Å². The summed E-state index contributed by atoms with van der Waals surface area (Å²) in [7, 11) is 0. The molecule has 2 heterocycles. The first-order valence-electron chi connectivity index (χ1n) is 8.78. The van der Waals surface area contributed by atoms with E-state index < -0.39 is 11.6 Å². The maximum Gasteiger partial charge on any atom is 0.259 e. The van der Waals surface area contributed by atoms with Gasteiger partial charge in [0.05, 0.1) is 11.9 Å². The van der Waals surface area contributed by atoms with Crippen molar-refractivity contribution < 1.29 is 8.78 Å². The average Bonchev–Trinajstić information content (AvgIpc) is 3.12. The number of nitrogens with one attached hydrogen (secondary N) is 2. The minimum absolute atomic E-state index is 0.208. The van der Waals surface area contributed by atoms with Crippen LogP contribution in [0.15, 0.2) is 59.4 Å². The van der Waals surface area contributed by atoms with Gasteiger partial charge in [-0.15, -0.1) is 11.3 Å². The molecule has 0 aliphatic heterocycles. The van der Waals surface area contributed by atoms with E-state index in [1.807, 2.05) is 36.4 Å². The predicted molar refractivity (Wildman–Crippen MR) is 107 cm³/mol. The first-order chi connectivity index (χ1) is 13.5. The Morgan fingerprint density at radius 3 is 2.68 bits per heavy atom. The molecular weight excluding hydrogens is 380 g/mol. The molecule has 2 aromatic carbocycles. The van der Waals surface area contributed by atoms with E-state index in [4.69, 9.17) is 0 Å². The second-order valence-electron chi connectivity index (χ2n) is 6.48. The molecular formula is C21H17F2N3OS. The van der Waals surface area contributed by atoms with Crippen LogP contribution in [-0.4, -0.2) is 9.97 Å². The van der Waals surface area contributed by atoms with Crippen LogP contribution in [0.4, 0.5) is 8.78 Å². The second-order valence-corrected chi connectivity index (χ2v) is 7.51. The Morgan fingerprint density at radius 2 is 1.93 bits per heavy atom. The molecule has 4 aromatic rings. The van der Waals surface area contributed by atoms with Crippen LogP contribution in [0.2, 0.25) is 0 Å². The summed E-state index contributed by atoms with van der Waals surface area (Å²) in [5.74, 6) is -0.757. The van der Waals surface area contributed by atoms with Crippen molar-refractivity contribution in [2.75, 3.05) is 0 Å². The van der Waals surface area contributed by atoms with Gasteiger partial charge in [0.25, 0.3) is 5.56 Å². The van der Waals surface area contributed by atoms with Crippen LogP contribution in [0.3, 0.4) is 0 Å². The van der Waals surface area contributed by atoms with Crippen molar-refractivity contribution >= 4 is 21.6 Å². The topological polar surface area (TPSA) is 57.8 Å². The lowest BCUT2D eigenvalue weighted by Crippen LogP contribution is -2.22. The lowest BCUT2D eigenvalue weighted by molar-refractivity contribution is 0.511. The fourth-order valence-electron chi connectivity index (χ4n) is 3.02. The molecule has 0 aliphatic rings. The van der Waals surface area contributed by atoms with Gasteiger partial charge in [-0.2, -0.15) is 0 Å². The number of hydrogen-bond donors (Lipinski definition) is 2. The molecule has 0 saturated heterocycles. The van der Waals surface area contributed by atoms with E-state index in [0.29, 0.717) is 21.6 Å². The summed E-state index contributed by atoms with van der Waals surface area (Å²) >= 11 is 1.45. The van der Waals surface area contributed by atoms with Crippen LogP contribution >= 0.6 is 11.3 Å². The molecule has 0 unspecified atom stereocenters. The van der Waals surface area contributed by atoms with E-state index in [-0.39, 0.29) is 18.1 Å². The number of aromatic amines is 1. The zero-order valence-corrected chi connectivity index (χ0v) is 15.8. The number of rotatable bonds is 5. The molecule has 0 saturated carbocycles. The lowest BCUT2D eigenvalue weighted by Gasteiger charge is -2.14. The molecule has 28 heavy (non-hydrogen) atoms. The highest BCUT2D eigenvalue weighted by Gasteiger charge is 2.14. The van der Waals surface area contributed by atoms with Crippen molar-refractivity contribution in [2.45, 2.75) is 19.5 Å². The number of thiophene rings is 1. The van der Waals surface area contributed by atoms with E-state index in [0.717, 1.165) is 16.5 Å². The largest absolute Gasteiger partial charge is 0.309 e. The standard InChI is InChI=1S/C21H17F2N3OS/c1-12(15-8-7-14(22)9-17(15)23)24-11-19-25-20(27)16-10-18(28-21(16)26-19)13-5-3-2-4-6-13/h2-10,12,24H,11H2,1H3,(H,25,26,27)/t12-/m1/s1. The third kappa shape index (κ3) is 3.72. The zero-order valence-electron chi connectivity index (χ0n) is 15.0. The molecule has 0 radical (unpaired) electrons. The summed E-state index contributed by atoms with van der Waals surface area (Å²) in [5, 5.41) is 3.66. The number of hydrogen-bond acceptors (Lipinski definition) is 4. The minimum atomic E-state index is -0.614. The molecule has 1 atom stereocenters. The third-order valence-corrected chi connectivity index (χ3v) is 5.59. The molecule has 0 aliphatic carbocycles. The molecule has 0 fully saturated rings. The highest BCUT2D eigenvalue weighted by atomic mass is 32.1. The molecule has 2 N–H and O–H groups in total. The Labute approximate surface area is 163 Å². The molecule has 7 heteroatoms. The Kier molecular flexibility index (Phi) is 5.02. The number of nitrogens with zero attached hydrogens (tertiary/aromatic N) is 1. The van der Waals surface area contributed by atoms with Crippen LogP contribution in [-0.2, 0) is 6.54 Å². The van der Waals surface area contributed by atoms with Crippen molar-refractivity contribution in [2.24, 2.45) is 0 Å². The smallest absolute Gasteiger partial charge is 0.259 e. The van der Waals surface area contributed by atoms with Gasteiger partial charge in [0.15, 0.2) is 0 Å². The summed E-state index contributed by atoms with van der Waals surface area (Å²) < 4.78 is 27.0. The Morgan fingerprint density at radius 1 is 1.14 bits per heavy atom. The summed E-state index contributed by atoms with van der Waals surface area (Å²) in [6, 6.07) is 14.8. The van der Waals surface area contributed by atoms with Crippen molar-refractivity contribution in [3.8, 4) is 10.4 Å². The molecule has 142 valence electrons. The van der Waals surface area contributed by atoms with Crippen LogP contribution in [0.1, 0.15) is 24.4 Å². The maximum atomic E-state index is 13.9. The van der Waals surface area contributed by atoms with Gasteiger partial charge in [-0.1, -0.05) is 36.4 Å². The Bertz CT molecular complexity index is 1190. The molecule has 2 aromatic heterocycles. The van der Waals surface area contributed by atoms with Gasteiger partial charge in [0.1, 0.15) is 22.3 Å². The fourth-order valence-corrected chi connectivity index (χ4v) is 4.07. The van der Waals surface area contributed by atoms with Crippen molar-refractivity contribution in [1.29, 1.82) is 0 Å². The third-order valence-electron chi connectivity index (χ3n) is 4.51. The average molecular weight is 397 g/mol. The minimum Gasteiger partial charge on any atom is -0.309 e. The van der Waals surface area contributed by atoms with Gasteiger partial charge in [-0.3, -0.25) is 4.79 Å². The van der Waals surface area contributed by atoms with Crippen LogP contribution in [0.5, 0.6) is 0 Å². The molecule has 0 bridgehead atoms. The van der Waals surface area contributed by atoms with Gasteiger partial charge in [-0.05, 0) is 24.6 Å². The quantitative estimate of drug-likeness (QED) is 0.510.